The maximum Gasteiger partial charge on any atom is 0.368 e. The van der Waals surface area contributed by atoms with Crippen molar-refractivity contribution in [2.75, 3.05) is 21.3 Å². The Bertz CT molecular complexity index is 830. The smallest absolute Gasteiger partial charge is 0.368 e. The first-order chi connectivity index (χ1) is 12.2. The van der Waals surface area contributed by atoms with Crippen molar-refractivity contribution in [2.24, 2.45) is 5.16 Å². The minimum absolute atomic E-state index is 0.362. The van der Waals surface area contributed by atoms with E-state index in [2.05, 4.69) is 5.16 Å². The van der Waals surface area contributed by atoms with E-state index in [9.17, 15) is 4.79 Å². The molecule has 0 bridgehead atoms. The fraction of sp³-hybridized carbons (Fsp3) is 0.158. The fourth-order valence-corrected chi connectivity index (χ4v) is 2.57. The summed E-state index contributed by atoms with van der Waals surface area (Å²) in [6.45, 7) is 0. The second kappa shape index (κ2) is 7.09. The molecule has 6 nitrogen and oxygen atoms in total. The monoisotopic (exact) mass is 339 g/mol. The number of ether oxygens (including phenoxy) is 3. The van der Waals surface area contributed by atoms with E-state index in [1.807, 2.05) is 30.3 Å². The maximum absolute atomic E-state index is 12.1. The molecule has 1 heterocycles. The van der Waals surface area contributed by atoms with Crippen LogP contribution in [0.3, 0.4) is 0 Å². The van der Waals surface area contributed by atoms with Crippen LogP contribution in [-0.2, 0) is 9.63 Å². The summed E-state index contributed by atoms with van der Waals surface area (Å²) >= 11 is 0. The first-order valence-electron chi connectivity index (χ1n) is 7.54. The minimum atomic E-state index is -0.507. The van der Waals surface area contributed by atoms with E-state index in [1.54, 1.807) is 18.2 Å². The lowest BCUT2D eigenvalue weighted by molar-refractivity contribution is -0.136. The topological polar surface area (TPSA) is 66.4 Å². The largest absolute Gasteiger partial charge is 0.493 e. The molecule has 0 saturated heterocycles. The van der Waals surface area contributed by atoms with Gasteiger partial charge in [0.15, 0.2) is 11.5 Å². The fourth-order valence-electron chi connectivity index (χ4n) is 2.57. The average Bonchev–Trinajstić information content (AvgIpc) is 3.02. The molecule has 0 radical (unpaired) electrons. The summed E-state index contributed by atoms with van der Waals surface area (Å²) in [5.74, 6) is 0.974. The SMILES string of the molecule is COc1cc(/C=C2\C(=O)ON=C2c2ccccc2)cc(OC)c1OC. The van der Waals surface area contributed by atoms with Crippen LogP contribution in [-0.4, -0.2) is 33.0 Å². The van der Waals surface area contributed by atoms with E-state index in [0.29, 0.717) is 34.1 Å². The Morgan fingerprint density at radius 3 is 2.16 bits per heavy atom. The molecule has 2 aromatic rings. The zero-order chi connectivity index (χ0) is 17.8. The molecular formula is C19H17NO5. The second-order valence-electron chi connectivity index (χ2n) is 5.20. The molecule has 0 spiro atoms. The molecule has 25 heavy (non-hydrogen) atoms. The molecule has 0 aliphatic carbocycles. The molecule has 1 aliphatic rings. The highest BCUT2D eigenvalue weighted by Crippen LogP contribution is 2.39. The summed E-state index contributed by atoms with van der Waals surface area (Å²) in [4.78, 5) is 17.0. The van der Waals surface area contributed by atoms with Gasteiger partial charge in [-0.3, -0.25) is 0 Å². The van der Waals surface area contributed by atoms with Gasteiger partial charge in [0, 0.05) is 5.56 Å². The highest BCUT2D eigenvalue weighted by molar-refractivity contribution is 6.31. The summed E-state index contributed by atoms with van der Waals surface area (Å²) in [6.07, 6.45) is 1.69. The Morgan fingerprint density at radius 1 is 0.960 bits per heavy atom. The van der Waals surface area contributed by atoms with Crippen molar-refractivity contribution in [3.05, 3.63) is 59.2 Å². The van der Waals surface area contributed by atoms with Crippen LogP contribution in [0.1, 0.15) is 11.1 Å². The van der Waals surface area contributed by atoms with Crippen LogP contribution >= 0.6 is 0 Å². The molecule has 0 atom stereocenters. The Hall–Kier alpha value is -3.28. The van der Waals surface area contributed by atoms with Crippen LogP contribution in [0, 0.1) is 0 Å². The van der Waals surface area contributed by atoms with E-state index in [1.165, 1.54) is 21.3 Å². The first kappa shape index (κ1) is 16.6. The first-order valence-corrected chi connectivity index (χ1v) is 7.54. The van der Waals surface area contributed by atoms with Crippen molar-refractivity contribution in [2.45, 2.75) is 0 Å². The number of nitrogens with zero attached hydrogens (tertiary/aromatic N) is 1. The van der Waals surface area contributed by atoms with E-state index < -0.39 is 5.97 Å². The van der Waals surface area contributed by atoms with E-state index in [4.69, 9.17) is 19.0 Å². The van der Waals surface area contributed by atoms with Crippen molar-refractivity contribution in [3.63, 3.8) is 0 Å². The van der Waals surface area contributed by atoms with Crippen LogP contribution in [0.15, 0.2) is 53.2 Å². The van der Waals surface area contributed by atoms with Gasteiger partial charge in [0.2, 0.25) is 5.75 Å². The van der Waals surface area contributed by atoms with Crippen LogP contribution < -0.4 is 14.2 Å². The molecule has 0 unspecified atom stereocenters. The van der Waals surface area contributed by atoms with Crippen molar-refractivity contribution < 1.29 is 23.8 Å². The summed E-state index contributed by atoms with van der Waals surface area (Å²) in [7, 11) is 4.61. The number of methoxy groups -OCH3 is 3. The molecule has 0 amide bonds. The number of rotatable bonds is 5. The summed E-state index contributed by atoms with van der Waals surface area (Å²) in [5, 5.41) is 3.90. The zero-order valence-corrected chi connectivity index (χ0v) is 14.1. The lowest BCUT2D eigenvalue weighted by Gasteiger charge is -2.13. The van der Waals surface area contributed by atoms with Crippen molar-refractivity contribution in [3.8, 4) is 17.2 Å². The average molecular weight is 339 g/mol. The molecule has 0 saturated carbocycles. The third-order valence-corrected chi connectivity index (χ3v) is 3.74. The number of hydrogen-bond acceptors (Lipinski definition) is 6. The summed E-state index contributed by atoms with van der Waals surface area (Å²) < 4.78 is 16.0. The molecule has 0 aromatic heterocycles. The highest BCUT2D eigenvalue weighted by atomic mass is 16.7. The quantitative estimate of drug-likeness (QED) is 0.619. The molecule has 2 aromatic carbocycles. The third kappa shape index (κ3) is 3.19. The lowest BCUT2D eigenvalue weighted by Crippen LogP contribution is -2.06. The molecule has 0 N–H and O–H groups in total. The Kier molecular flexibility index (Phi) is 4.70. The van der Waals surface area contributed by atoms with Crippen molar-refractivity contribution in [1.29, 1.82) is 0 Å². The molecule has 6 heteroatoms. The van der Waals surface area contributed by atoms with Gasteiger partial charge in [0.25, 0.3) is 0 Å². The number of hydrogen-bond donors (Lipinski definition) is 0. The summed E-state index contributed by atoms with van der Waals surface area (Å²) in [6, 6.07) is 12.9. The summed E-state index contributed by atoms with van der Waals surface area (Å²) in [5.41, 5.74) is 2.35. The van der Waals surface area contributed by atoms with Gasteiger partial charge < -0.3 is 19.0 Å². The highest BCUT2D eigenvalue weighted by Gasteiger charge is 2.27. The number of benzene rings is 2. The number of carbonyl (C=O) groups is 1. The van der Waals surface area contributed by atoms with E-state index in [0.717, 1.165) is 5.56 Å². The standard InChI is InChI=1S/C19H17NO5/c1-22-15-10-12(11-16(23-2)18(15)24-3)9-14-17(20-25-19(14)21)13-7-5-4-6-8-13/h4-11H,1-3H3/b14-9-. The van der Waals surface area contributed by atoms with Gasteiger partial charge in [-0.1, -0.05) is 35.5 Å². The predicted octanol–water partition coefficient (Wildman–Crippen LogP) is 3.06. The van der Waals surface area contributed by atoms with Crippen LogP contribution in [0.4, 0.5) is 0 Å². The normalized spacial score (nSPS) is 14.9. The Balaban J connectivity index is 2.07. The van der Waals surface area contributed by atoms with Gasteiger partial charge in [-0.2, -0.15) is 0 Å². The minimum Gasteiger partial charge on any atom is -0.493 e. The molecule has 3 rings (SSSR count). The van der Waals surface area contributed by atoms with Crippen molar-refractivity contribution in [1.82, 2.24) is 0 Å². The van der Waals surface area contributed by atoms with Gasteiger partial charge >= 0.3 is 5.97 Å². The second-order valence-corrected chi connectivity index (χ2v) is 5.20. The molecular weight excluding hydrogens is 322 g/mol. The van der Waals surface area contributed by atoms with Gasteiger partial charge in [-0.05, 0) is 23.8 Å². The van der Waals surface area contributed by atoms with E-state index in [-0.39, 0.29) is 0 Å². The molecule has 1 aliphatic heterocycles. The number of oxime groups is 1. The van der Waals surface area contributed by atoms with E-state index >= 15 is 0 Å². The van der Waals surface area contributed by atoms with Crippen molar-refractivity contribution >= 4 is 17.8 Å². The Labute approximate surface area is 145 Å². The third-order valence-electron chi connectivity index (χ3n) is 3.74. The van der Waals surface area contributed by atoms with Gasteiger partial charge in [0.05, 0.1) is 26.9 Å². The van der Waals surface area contributed by atoms with Crippen LogP contribution in [0.2, 0.25) is 0 Å². The zero-order valence-electron chi connectivity index (χ0n) is 14.1. The molecule has 0 fully saturated rings. The lowest BCUT2D eigenvalue weighted by atomic mass is 10.0. The predicted molar refractivity (Wildman–Crippen MR) is 93.1 cm³/mol. The maximum atomic E-state index is 12.1. The molecule has 128 valence electrons. The Morgan fingerprint density at radius 2 is 1.60 bits per heavy atom. The van der Waals surface area contributed by atoms with Crippen LogP contribution in [0.5, 0.6) is 17.2 Å². The number of carbonyl (C=O) groups excluding carboxylic acids is 1. The van der Waals surface area contributed by atoms with Gasteiger partial charge in [-0.15, -0.1) is 0 Å². The van der Waals surface area contributed by atoms with Gasteiger partial charge in [0.1, 0.15) is 5.71 Å². The van der Waals surface area contributed by atoms with Gasteiger partial charge in [-0.25, -0.2) is 4.79 Å². The van der Waals surface area contributed by atoms with Crippen LogP contribution in [0.25, 0.3) is 6.08 Å².